The molecular weight excluding hydrogens is 236 g/mol. The molecule has 4 N–H and O–H groups in total. The van der Waals surface area contributed by atoms with Gasteiger partial charge >= 0.3 is 5.97 Å². The fourth-order valence-electron chi connectivity index (χ4n) is 1.81. The van der Waals surface area contributed by atoms with E-state index in [4.69, 9.17) is 10.8 Å². The number of hydrogen-bond acceptors (Lipinski definition) is 4. The molecule has 1 saturated carbocycles. The highest BCUT2D eigenvalue weighted by molar-refractivity contribution is 6.05. The molecular formula is C12H20N2O4. The molecule has 0 spiro atoms. The number of nitrogens with two attached hydrogens (primary N) is 1. The number of carbonyl (C=O) groups is 3. The van der Waals surface area contributed by atoms with Crippen LogP contribution in [0, 0.1) is 5.92 Å². The number of aliphatic carboxylic acids is 1. The Morgan fingerprint density at radius 1 is 1.39 bits per heavy atom. The van der Waals surface area contributed by atoms with Crippen LogP contribution in [0.3, 0.4) is 0 Å². The number of ketones is 1. The van der Waals surface area contributed by atoms with E-state index in [0.717, 1.165) is 19.3 Å². The van der Waals surface area contributed by atoms with Crippen LogP contribution in [-0.2, 0) is 14.4 Å². The van der Waals surface area contributed by atoms with E-state index >= 15 is 0 Å². The zero-order chi connectivity index (χ0) is 13.5. The number of carboxylic acid groups (broad SMARTS) is 1. The largest absolute Gasteiger partial charge is 0.480 e. The highest BCUT2D eigenvalue weighted by Crippen LogP contribution is 2.21. The van der Waals surface area contributed by atoms with Crippen LogP contribution in [0.1, 0.15) is 38.5 Å². The lowest BCUT2D eigenvalue weighted by Gasteiger charge is -2.22. The number of unbranched alkanes of at least 4 members (excludes halogenated alkanes) is 2. The molecule has 6 heteroatoms. The first kappa shape index (κ1) is 14.6. The van der Waals surface area contributed by atoms with Gasteiger partial charge in [0, 0.05) is 13.0 Å². The van der Waals surface area contributed by atoms with Gasteiger partial charge in [-0.25, -0.2) is 0 Å². The summed E-state index contributed by atoms with van der Waals surface area (Å²) in [6.45, 7) is 0.533. The van der Waals surface area contributed by atoms with Gasteiger partial charge in [-0.1, -0.05) is 12.8 Å². The van der Waals surface area contributed by atoms with Gasteiger partial charge in [0.15, 0.2) is 0 Å². The third-order valence-electron chi connectivity index (χ3n) is 3.19. The third-order valence-corrected chi connectivity index (χ3v) is 3.19. The summed E-state index contributed by atoms with van der Waals surface area (Å²) in [5, 5.41) is 11.3. The highest BCUT2D eigenvalue weighted by Gasteiger charge is 2.34. The average molecular weight is 256 g/mol. The molecule has 0 radical (unpaired) electrons. The quantitative estimate of drug-likeness (QED) is 0.420. The Hall–Kier alpha value is -1.43. The lowest BCUT2D eigenvalue weighted by atomic mass is 9.83. The molecule has 2 unspecified atom stereocenters. The summed E-state index contributed by atoms with van der Waals surface area (Å²) in [6, 6.07) is -0.799. The molecule has 2 atom stereocenters. The standard InChI is InChI=1S/C12H20N2O4/c13-9(12(17)18)4-2-1-3-7-14-11(16)8-5-6-10(8)15/h8-9H,1-7,13H2,(H,14,16)(H,17,18). The average Bonchev–Trinajstić information content (AvgIpc) is 2.31. The predicted molar refractivity (Wildman–Crippen MR) is 64.8 cm³/mol. The fourth-order valence-corrected chi connectivity index (χ4v) is 1.81. The van der Waals surface area contributed by atoms with Crippen molar-refractivity contribution in [3.05, 3.63) is 0 Å². The SMILES string of the molecule is NC(CCCCCNC(=O)C1CCC1=O)C(=O)O. The minimum absolute atomic E-state index is 0.0277. The van der Waals surface area contributed by atoms with E-state index in [1.165, 1.54) is 0 Å². The third kappa shape index (κ3) is 4.44. The number of hydrogen-bond donors (Lipinski definition) is 3. The van der Waals surface area contributed by atoms with Gasteiger partial charge in [0.05, 0.1) is 5.92 Å². The van der Waals surface area contributed by atoms with Crippen LogP contribution in [0.2, 0.25) is 0 Å². The zero-order valence-corrected chi connectivity index (χ0v) is 10.4. The van der Waals surface area contributed by atoms with Crippen LogP contribution in [-0.4, -0.2) is 35.4 Å². The van der Waals surface area contributed by atoms with Crippen LogP contribution in [0.4, 0.5) is 0 Å². The Morgan fingerprint density at radius 2 is 2.11 bits per heavy atom. The van der Waals surface area contributed by atoms with E-state index in [1.54, 1.807) is 0 Å². The molecule has 0 saturated heterocycles. The van der Waals surface area contributed by atoms with E-state index < -0.39 is 17.9 Å². The van der Waals surface area contributed by atoms with Crippen LogP contribution in [0.25, 0.3) is 0 Å². The smallest absolute Gasteiger partial charge is 0.320 e. The summed E-state index contributed by atoms with van der Waals surface area (Å²) in [5.74, 6) is -1.55. The first-order chi connectivity index (χ1) is 8.52. The molecule has 18 heavy (non-hydrogen) atoms. The summed E-state index contributed by atoms with van der Waals surface area (Å²) in [7, 11) is 0. The Morgan fingerprint density at radius 3 is 2.61 bits per heavy atom. The number of nitrogens with one attached hydrogen (secondary N) is 1. The molecule has 0 bridgehead atoms. The van der Waals surface area contributed by atoms with E-state index in [-0.39, 0.29) is 11.7 Å². The lowest BCUT2D eigenvalue weighted by molar-refractivity contribution is -0.140. The van der Waals surface area contributed by atoms with E-state index in [0.29, 0.717) is 25.8 Å². The van der Waals surface area contributed by atoms with E-state index in [9.17, 15) is 14.4 Å². The van der Waals surface area contributed by atoms with Gasteiger partial charge in [0.2, 0.25) is 5.91 Å². The summed E-state index contributed by atoms with van der Waals surface area (Å²) in [5.41, 5.74) is 5.35. The molecule has 6 nitrogen and oxygen atoms in total. The summed E-state index contributed by atoms with van der Waals surface area (Å²) < 4.78 is 0. The summed E-state index contributed by atoms with van der Waals surface area (Å²) in [6.07, 6.45) is 3.96. The van der Waals surface area contributed by atoms with Crippen molar-refractivity contribution in [1.29, 1.82) is 0 Å². The first-order valence-corrected chi connectivity index (χ1v) is 6.31. The normalized spacial score (nSPS) is 20.1. The van der Waals surface area contributed by atoms with Crippen LogP contribution in [0.15, 0.2) is 0 Å². The molecule has 0 aromatic rings. The Bertz CT molecular complexity index is 330. The molecule has 1 aliphatic carbocycles. The maximum atomic E-state index is 11.4. The maximum absolute atomic E-state index is 11.4. The summed E-state index contributed by atoms with van der Waals surface area (Å²) >= 11 is 0. The number of amides is 1. The van der Waals surface area contributed by atoms with Crippen LogP contribution < -0.4 is 11.1 Å². The van der Waals surface area contributed by atoms with Crippen molar-refractivity contribution >= 4 is 17.7 Å². The second kappa shape index (κ2) is 7.10. The molecule has 0 aliphatic heterocycles. The second-order valence-corrected chi connectivity index (χ2v) is 4.64. The van der Waals surface area contributed by atoms with Crippen molar-refractivity contribution in [2.45, 2.75) is 44.6 Å². The Labute approximate surface area is 106 Å². The number of rotatable bonds is 8. The predicted octanol–water partition coefficient (Wildman–Crippen LogP) is 0.0540. The first-order valence-electron chi connectivity index (χ1n) is 6.31. The number of carbonyl (C=O) groups excluding carboxylic acids is 2. The minimum atomic E-state index is -0.980. The molecule has 1 amide bonds. The van der Waals surface area contributed by atoms with Gasteiger partial charge < -0.3 is 16.2 Å². The van der Waals surface area contributed by atoms with Gasteiger partial charge in [-0.3, -0.25) is 14.4 Å². The Kier molecular flexibility index (Phi) is 5.77. The van der Waals surface area contributed by atoms with Gasteiger partial charge in [-0.05, 0) is 19.3 Å². The lowest BCUT2D eigenvalue weighted by Crippen LogP contribution is -2.41. The summed E-state index contributed by atoms with van der Waals surface area (Å²) in [4.78, 5) is 32.9. The molecule has 102 valence electrons. The Balaban J connectivity index is 1.97. The van der Waals surface area contributed by atoms with Gasteiger partial charge in [0.1, 0.15) is 11.8 Å². The van der Waals surface area contributed by atoms with E-state index in [1.807, 2.05) is 0 Å². The van der Waals surface area contributed by atoms with E-state index in [2.05, 4.69) is 5.32 Å². The zero-order valence-electron chi connectivity index (χ0n) is 10.4. The van der Waals surface area contributed by atoms with Crippen molar-refractivity contribution < 1.29 is 19.5 Å². The van der Waals surface area contributed by atoms with Crippen molar-refractivity contribution in [1.82, 2.24) is 5.32 Å². The molecule has 1 aliphatic rings. The van der Waals surface area contributed by atoms with Gasteiger partial charge in [0.25, 0.3) is 0 Å². The molecule has 0 aromatic carbocycles. The molecule has 0 aromatic heterocycles. The number of Topliss-reactive ketones (excluding diaryl/α,β-unsaturated/α-hetero) is 1. The minimum Gasteiger partial charge on any atom is -0.480 e. The molecule has 0 heterocycles. The molecule has 1 fully saturated rings. The van der Waals surface area contributed by atoms with Crippen molar-refractivity contribution in [3.8, 4) is 0 Å². The maximum Gasteiger partial charge on any atom is 0.320 e. The van der Waals surface area contributed by atoms with Crippen molar-refractivity contribution in [2.24, 2.45) is 11.7 Å². The van der Waals surface area contributed by atoms with Crippen LogP contribution >= 0.6 is 0 Å². The highest BCUT2D eigenvalue weighted by atomic mass is 16.4. The topological polar surface area (TPSA) is 109 Å². The van der Waals surface area contributed by atoms with Crippen molar-refractivity contribution in [2.75, 3.05) is 6.54 Å². The monoisotopic (exact) mass is 256 g/mol. The van der Waals surface area contributed by atoms with Crippen LogP contribution in [0.5, 0.6) is 0 Å². The number of carboxylic acids is 1. The van der Waals surface area contributed by atoms with Crippen molar-refractivity contribution in [3.63, 3.8) is 0 Å². The van der Waals surface area contributed by atoms with Gasteiger partial charge in [-0.15, -0.1) is 0 Å². The molecule has 1 rings (SSSR count). The van der Waals surface area contributed by atoms with Gasteiger partial charge in [-0.2, -0.15) is 0 Å². The second-order valence-electron chi connectivity index (χ2n) is 4.64. The fraction of sp³-hybridized carbons (Fsp3) is 0.750.